The molecule has 0 amide bonds. The number of carbonyl (C=O) groups excluding carboxylic acids is 1. The Labute approximate surface area is 262 Å². The number of rotatable bonds is 11. The first-order chi connectivity index (χ1) is 21.9. The number of aromatic nitrogens is 4. The van der Waals surface area contributed by atoms with Crippen LogP contribution in [-0.4, -0.2) is 72.6 Å². The van der Waals surface area contributed by atoms with E-state index >= 15 is 8.78 Å². The molecule has 46 heavy (non-hydrogen) atoms. The summed E-state index contributed by atoms with van der Waals surface area (Å²) in [4.78, 5) is 25.0. The van der Waals surface area contributed by atoms with Gasteiger partial charge in [0.2, 0.25) is 17.4 Å². The lowest BCUT2D eigenvalue weighted by Gasteiger charge is -2.30. The molecule has 1 aromatic carbocycles. The molecule has 1 saturated heterocycles. The van der Waals surface area contributed by atoms with Gasteiger partial charge in [-0.15, -0.1) is 6.42 Å². The number of nitrogens with one attached hydrogen (secondary N) is 1. The normalized spacial score (nSPS) is 31.0. The molecule has 3 heterocycles. The van der Waals surface area contributed by atoms with Crippen molar-refractivity contribution in [2.24, 2.45) is 0 Å². The number of alkyl halides is 2. The van der Waals surface area contributed by atoms with Crippen LogP contribution in [0.5, 0.6) is 11.6 Å². The van der Waals surface area contributed by atoms with Gasteiger partial charge < -0.3 is 29.6 Å². The zero-order chi connectivity index (χ0) is 32.9. The van der Waals surface area contributed by atoms with E-state index in [-0.39, 0.29) is 41.5 Å². The molecule has 2 aromatic heterocycles. The standard InChI is InChI=1S/C29H33F2N6O8P/c1-4-27(30)25(37-16-33-20-21(37)34-26(32)35-22(20)41-5-2)43-29(31)24(28(27,29)39)45-46(40,44-19-14-10-7-11-15-19)36-17(3)23(38)42-18-12-8-6-9-13-18/h1,7,10-11,14-18,24-25,39H,5-6,8-9,12-13H2,2-3H3,(H,36,40)(H2,32,34,35)/t17?,24?,25-,27+,28+,29-,46+/m1/s1. The highest BCUT2D eigenvalue weighted by Crippen LogP contribution is 2.73. The van der Waals surface area contributed by atoms with Gasteiger partial charge in [0.25, 0.3) is 11.5 Å². The predicted octanol–water partition coefficient (Wildman–Crippen LogP) is 3.51. The summed E-state index contributed by atoms with van der Waals surface area (Å²) in [6, 6.07) is 6.37. The quantitative estimate of drug-likeness (QED) is 0.154. The number of hydrogen-bond donors (Lipinski definition) is 3. The van der Waals surface area contributed by atoms with Crippen LogP contribution in [0.15, 0.2) is 36.7 Å². The number of anilines is 1. The van der Waals surface area contributed by atoms with Crippen molar-refractivity contribution in [1.82, 2.24) is 24.6 Å². The first kappa shape index (κ1) is 32.1. The molecule has 0 bridgehead atoms. The molecule has 246 valence electrons. The summed E-state index contributed by atoms with van der Waals surface area (Å²) < 4.78 is 75.8. The molecule has 0 spiro atoms. The van der Waals surface area contributed by atoms with E-state index in [9.17, 15) is 14.5 Å². The van der Waals surface area contributed by atoms with Crippen LogP contribution in [0.1, 0.15) is 52.2 Å². The Morgan fingerprint density at radius 1 is 1.28 bits per heavy atom. The largest absolute Gasteiger partial charge is 0.476 e. The minimum atomic E-state index is -4.78. The fourth-order valence-electron chi connectivity index (χ4n) is 5.86. The second-order valence-electron chi connectivity index (χ2n) is 11.3. The maximum absolute atomic E-state index is 16.8. The number of hydrogen-bond acceptors (Lipinski definition) is 12. The van der Waals surface area contributed by atoms with Gasteiger partial charge in [0.15, 0.2) is 23.5 Å². The molecule has 2 saturated carbocycles. The van der Waals surface area contributed by atoms with Crippen LogP contribution in [0.3, 0.4) is 0 Å². The Hall–Kier alpha value is -3.87. The molecular formula is C29H33F2N6O8P. The van der Waals surface area contributed by atoms with Crippen LogP contribution >= 0.6 is 7.75 Å². The Balaban J connectivity index is 1.28. The van der Waals surface area contributed by atoms with Gasteiger partial charge in [-0.3, -0.25) is 13.9 Å². The van der Waals surface area contributed by atoms with Gasteiger partial charge in [0, 0.05) is 0 Å². The molecule has 14 nitrogen and oxygen atoms in total. The number of carbonyl (C=O) groups is 1. The number of aliphatic hydroxyl groups is 1. The van der Waals surface area contributed by atoms with E-state index < -0.39 is 49.2 Å². The zero-order valence-corrected chi connectivity index (χ0v) is 25.9. The van der Waals surface area contributed by atoms with Crippen molar-refractivity contribution in [2.75, 3.05) is 12.3 Å². The number of halogens is 2. The molecule has 6 rings (SSSR count). The average Bonchev–Trinajstić information content (AvgIpc) is 3.27. The van der Waals surface area contributed by atoms with Gasteiger partial charge in [0.1, 0.15) is 17.9 Å². The molecule has 2 unspecified atom stereocenters. The number of nitrogens with zero attached hydrogens (tertiary/aromatic N) is 4. The molecule has 7 atom stereocenters. The Morgan fingerprint density at radius 3 is 2.67 bits per heavy atom. The Bertz CT molecular complexity index is 1720. The third-order valence-corrected chi connectivity index (χ3v) is 9.88. The summed E-state index contributed by atoms with van der Waals surface area (Å²) in [5.41, 5.74) is -0.810. The van der Waals surface area contributed by atoms with Gasteiger partial charge in [0.05, 0.1) is 12.9 Å². The number of nitrogen functional groups attached to an aromatic ring is 1. The third-order valence-electron chi connectivity index (χ3n) is 8.23. The maximum atomic E-state index is 16.8. The van der Waals surface area contributed by atoms with E-state index in [0.29, 0.717) is 12.8 Å². The van der Waals surface area contributed by atoms with Crippen LogP contribution in [0.4, 0.5) is 14.7 Å². The summed E-state index contributed by atoms with van der Waals surface area (Å²) in [7, 11) is -4.78. The van der Waals surface area contributed by atoms with E-state index in [1.54, 1.807) is 31.0 Å². The predicted molar refractivity (Wildman–Crippen MR) is 158 cm³/mol. The van der Waals surface area contributed by atoms with Crippen LogP contribution in [0.25, 0.3) is 11.2 Å². The molecule has 0 radical (unpaired) electrons. The van der Waals surface area contributed by atoms with Crippen molar-refractivity contribution in [3.8, 4) is 24.0 Å². The SMILES string of the molecule is C#C[C@]1(F)[C@H](n2cnc3c(OCC)nc(N)nc32)O[C@]2(F)C(O[P@](=O)(NC(C)C(=O)OC3CCCCC3)Oc3ccccc3)[C@@]21O. The molecular weight excluding hydrogens is 629 g/mol. The smallest absolute Gasteiger partial charge is 0.460 e. The minimum Gasteiger partial charge on any atom is -0.476 e. The zero-order valence-electron chi connectivity index (χ0n) is 25.0. The van der Waals surface area contributed by atoms with E-state index in [1.165, 1.54) is 19.1 Å². The van der Waals surface area contributed by atoms with Gasteiger partial charge >= 0.3 is 13.7 Å². The number of imidazole rings is 1. The summed E-state index contributed by atoms with van der Waals surface area (Å²) in [5.74, 6) is -2.58. The molecule has 1 aliphatic heterocycles. The molecule has 17 heteroatoms. The van der Waals surface area contributed by atoms with Crippen molar-refractivity contribution in [1.29, 1.82) is 0 Å². The van der Waals surface area contributed by atoms with Crippen LogP contribution < -0.4 is 20.1 Å². The van der Waals surface area contributed by atoms with Gasteiger partial charge in [-0.1, -0.05) is 30.5 Å². The molecule has 3 aromatic rings. The van der Waals surface area contributed by atoms with Gasteiger partial charge in [-0.2, -0.15) is 15.1 Å². The first-order valence-corrected chi connectivity index (χ1v) is 16.3. The van der Waals surface area contributed by atoms with Crippen LogP contribution in [0.2, 0.25) is 0 Å². The van der Waals surface area contributed by atoms with E-state index in [4.69, 9.17) is 35.4 Å². The van der Waals surface area contributed by atoms with E-state index in [0.717, 1.165) is 30.2 Å². The number of terminal acetylenes is 1. The number of benzene rings is 1. The monoisotopic (exact) mass is 662 g/mol. The number of ether oxygens (including phenoxy) is 3. The first-order valence-electron chi connectivity index (χ1n) is 14.8. The van der Waals surface area contributed by atoms with Crippen molar-refractivity contribution in [2.45, 2.75) is 87.6 Å². The topological polar surface area (TPSA) is 182 Å². The third kappa shape index (κ3) is 5.16. The summed E-state index contributed by atoms with van der Waals surface area (Å²) in [5, 5.41) is 13.9. The molecule has 4 N–H and O–H groups in total. The van der Waals surface area contributed by atoms with Crippen molar-refractivity contribution in [3.05, 3.63) is 36.7 Å². The Morgan fingerprint density at radius 2 is 2.00 bits per heavy atom. The molecule has 3 aliphatic rings. The van der Waals surface area contributed by atoms with Gasteiger partial charge in [-0.25, -0.2) is 18.3 Å². The van der Waals surface area contributed by atoms with Crippen molar-refractivity contribution >= 4 is 30.8 Å². The lowest BCUT2D eigenvalue weighted by atomic mass is 9.96. The number of nitrogens with two attached hydrogens (primary N) is 1. The summed E-state index contributed by atoms with van der Waals surface area (Å²) in [6.45, 7) is 3.24. The lowest BCUT2D eigenvalue weighted by molar-refractivity contribution is -0.152. The summed E-state index contributed by atoms with van der Waals surface area (Å²) >= 11 is 0. The summed E-state index contributed by atoms with van der Waals surface area (Å²) in [6.07, 6.45) is 6.22. The number of para-hydroxylation sites is 1. The van der Waals surface area contributed by atoms with E-state index in [2.05, 4.69) is 20.0 Å². The average molecular weight is 663 g/mol. The second kappa shape index (κ2) is 11.7. The van der Waals surface area contributed by atoms with Gasteiger partial charge in [-0.05, 0) is 51.7 Å². The molecule has 2 aliphatic carbocycles. The Kier molecular flexibility index (Phi) is 8.19. The van der Waals surface area contributed by atoms with Crippen LogP contribution in [0, 0.1) is 12.3 Å². The van der Waals surface area contributed by atoms with Crippen molar-refractivity contribution < 1.29 is 46.5 Å². The highest BCUT2D eigenvalue weighted by Gasteiger charge is 2.98. The van der Waals surface area contributed by atoms with E-state index in [1.807, 2.05) is 0 Å². The maximum Gasteiger partial charge on any atom is 0.460 e. The fourth-order valence-corrected chi connectivity index (χ4v) is 7.56. The lowest BCUT2D eigenvalue weighted by Crippen LogP contribution is -2.47. The van der Waals surface area contributed by atoms with Crippen molar-refractivity contribution in [3.63, 3.8) is 0 Å². The highest BCUT2D eigenvalue weighted by molar-refractivity contribution is 7.52. The van der Waals surface area contributed by atoms with Crippen LogP contribution in [-0.2, 0) is 23.4 Å². The number of fused-ring (bicyclic) bond motifs is 2. The fraction of sp³-hybridized carbons (Fsp3) is 0.517. The molecule has 3 fully saturated rings. The minimum absolute atomic E-state index is 0.00593. The second-order valence-corrected chi connectivity index (χ2v) is 13.0. The highest BCUT2D eigenvalue weighted by atomic mass is 31.2. The number of esters is 1.